The van der Waals surface area contributed by atoms with Crippen molar-refractivity contribution in [3.05, 3.63) is 115 Å². The summed E-state index contributed by atoms with van der Waals surface area (Å²) in [6.07, 6.45) is 2.03. The molecule has 1 N–H and O–H groups in total. The number of halogens is 1. The first-order chi connectivity index (χ1) is 15.5. The molecular formula is C25H25IN2O4. The van der Waals surface area contributed by atoms with E-state index in [0.717, 1.165) is 16.7 Å². The van der Waals surface area contributed by atoms with Crippen molar-refractivity contribution in [3.63, 3.8) is 0 Å². The normalized spacial score (nSPS) is 20.5. The summed E-state index contributed by atoms with van der Waals surface area (Å²) in [7, 11) is 0. The number of nitrogens with zero attached hydrogens (tertiary/aromatic N) is 1. The Morgan fingerprint density at radius 1 is 1.00 bits per heavy atom. The highest BCUT2D eigenvalue weighted by atomic mass is 127. The quantitative estimate of drug-likeness (QED) is 0.343. The topological polar surface area (TPSA) is 73.3 Å². The van der Waals surface area contributed by atoms with Gasteiger partial charge in [-0.05, 0) is 45.7 Å². The third kappa shape index (κ3) is 5.28. The second-order valence-corrected chi connectivity index (χ2v) is 9.07. The monoisotopic (exact) mass is 544 g/mol. The minimum absolute atomic E-state index is 0.0658. The number of aromatic amines is 1. The van der Waals surface area contributed by atoms with Crippen LogP contribution in [0.5, 0.6) is 0 Å². The van der Waals surface area contributed by atoms with E-state index in [-0.39, 0.29) is 23.6 Å². The molecule has 1 heterocycles. The van der Waals surface area contributed by atoms with E-state index in [1.165, 1.54) is 0 Å². The van der Waals surface area contributed by atoms with Crippen LogP contribution >= 0.6 is 22.6 Å². The van der Waals surface area contributed by atoms with Crippen LogP contribution in [0.2, 0.25) is 0 Å². The number of nitrogens with one attached hydrogen (secondary N) is 1. The molecule has 1 aromatic heterocycles. The molecule has 166 valence electrons. The fourth-order valence-electron chi connectivity index (χ4n) is 4.06. The zero-order valence-corrected chi connectivity index (χ0v) is 19.7. The molecule has 1 saturated carbocycles. The number of hydrogen-bond donors (Lipinski definition) is 1. The first kappa shape index (κ1) is 22.7. The van der Waals surface area contributed by atoms with Crippen LogP contribution < -0.4 is 11.2 Å². The van der Waals surface area contributed by atoms with E-state index in [4.69, 9.17) is 9.47 Å². The summed E-state index contributed by atoms with van der Waals surface area (Å²) in [6, 6.07) is 19.7. The molecule has 0 bridgehead atoms. The molecule has 0 radical (unpaired) electrons. The molecule has 1 aliphatic carbocycles. The lowest BCUT2D eigenvalue weighted by Gasteiger charge is -2.21. The maximum absolute atomic E-state index is 12.5. The molecule has 3 unspecified atom stereocenters. The minimum atomic E-state index is -0.436. The highest BCUT2D eigenvalue weighted by molar-refractivity contribution is 14.1. The van der Waals surface area contributed by atoms with Gasteiger partial charge in [-0.2, -0.15) is 0 Å². The Labute approximate surface area is 200 Å². The fraction of sp³-hybridized carbons (Fsp3) is 0.280. The number of ether oxygens (including phenoxy) is 2. The van der Waals surface area contributed by atoms with Crippen molar-refractivity contribution in [2.75, 3.05) is 6.61 Å². The van der Waals surface area contributed by atoms with Crippen LogP contribution in [0.15, 0.2) is 88.6 Å². The molecule has 6 nitrogen and oxygen atoms in total. The number of hydrogen-bond acceptors (Lipinski definition) is 4. The number of H-pyrrole nitrogens is 1. The largest absolute Gasteiger partial charge is 0.376 e. The Morgan fingerprint density at radius 2 is 1.62 bits per heavy atom. The first-order valence-corrected chi connectivity index (χ1v) is 11.6. The van der Waals surface area contributed by atoms with Crippen LogP contribution in [0.1, 0.15) is 23.6 Å². The predicted octanol–water partition coefficient (Wildman–Crippen LogP) is 4.06. The Bertz CT molecular complexity index is 1170. The average Bonchev–Trinajstić information content (AvgIpc) is 3.11. The van der Waals surface area contributed by atoms with Crippen LogP contribution in [-0.4, -0.2) is 22.3 Å². The van der Waals surface area contributed by atoms with E-state index in [1.807, 2.05) is 83.3 Å². The standard InChI is InChI=1S/C25H25IN2O4/c1-17-20(16-31-14-18-8-4-2-5-9-18)23(32-15-19-10-6-3-7-11-19)12-22(17)28-13-21(26)24(29)27-25(28)30/h2-11,13,20,22-23H,1,12,14-16H2,(H,27,29,30). The molecular weight excluding hydrogens is 519 g/mol. The molecule has 0 aliphatic heterocycles. The molecule has 3 aromatic rings. The molecule has 32 heavy (non-hydrogen) atoms. The van der Waals surface area contributed by atoms with Crippen LogP contribution in [0.25, 0.3) is 0 Å². The summed E-state index contributed by atoms with van der Waals surface area (Å²) >= 11 is 1.94. The molecule has 0 spiro atoms. The smallest absolute Gasteiger partial charge is 0.328 e. The van der Waals surface area contributed by atoms with Gasteiger partial charge in [-0.25, -0.2) is 4.79 Å². The summed E-state index contributed by atoms with van der Waals surface area (Å²) in [6.45, 7) is 5.71. The Balaban J connectivity index is 1.52. The van der Waals surface area contributed by atoms with Gasteiger partial charge in [-0.1, -0.05) is 67.2 Å². The molecule has 0 amide bonds. The SMILES string of the molecule is C=C1C(COCc2ccccc2)C(OCc2ccccc2)CC1n1cc(I)c(=O)[nH]c1=O. The second-order valence-electron chi connectivity index (χ2n) is 7.91. The molecule has 1 aliphatic rings. The average molecular weight is 544 g/mol. The molecule has 7 heteroatoms. The summed E-state index contributed by atoms with van der Waals surface area (Å²) < 4.78 is 14.3. The van der Waals surface area contributed by atoms with Gasteiger partial charge in [-0.3, -0.25) is 14.3 Å². The summed E-state index contributed by atoms with van der Waals surface area (Å²) in [5.41, 5.74) is 2.24. The van der Waals surface area contributed by atoms with Crippen molar-refractivity contribution in [3.8, 4) is 0 Å². The van der Waals surface area contributed by atoms with Crippen LogP contribution in [0, 0.1) is 9.49 Å². The van der Waals surface area contributed by atoms with E-state index in [9.17, 15) is 9.59 Å². The second kappa shape index (κ2) is 10.4. The highest BCUT2D eigenvalue weighted by Gasteiger charge is 2.40. The van der Waals surface area contributed by atoms with Gasteiger partial charge in [0, 0.05) is 12.1 Å². The first-order valence-electron chi connectivity index (χ1n) is 10.5. The van der Waals surface area contributed by atoms with Gasteiger partial charge in [0.1, 0.15) is 0 Å². The molecule has 0 saturated heterocycles. The van der Waals surface area contributed by atoms with Crippen LogP contribution in [0.3, 0.4) is 0 Å². The third-order valence-electron chi connectivity index (χ3n) is 5.78. The minimum Gasteiger partial charge on any atom is -0.376 e. The number of rotatable bonds is 8. The van der Waals surface area contributed by atoms with Crippen molar-refractivity contribution >= 4 is 22.6 Å². The number of benzene rings is 2. The summed E-state index contributed by atoms with van der Waals surface area (Å²) in [4.78, 5) is 26.7. The van der Waals surface area contributed by atoms with Crippen molar-refractivity contribution < 1.29 is 9.47 Å². The maximum atomic E-state index is 12.5. The van der Waals surface area contributed by atoms with Gasteiger partial charge in [0.2, 0.25) is 0 Å². The highest BCUT2D eigenvalue weighted by Crippen LogP contribution is 2.40. The zero-order chi connectivity index (χ0) is 22.5. The Kier molecular flexibility index (Phi) is 7.39. The van der Waals surface area contributed by atoms with Crippen molar-refractivity contribution in [2.24, 2.45) is 5.92 Å². The van der Waals surface area contributed by atoms with E-state index in [2.05, 4.69) is 11.6 Å². The Morgan fingerprint density at radius 3 is 2.28 bits per heavy atom. The van der Waals surface area contributed by atoms with Crippen molar-refractivity contribution in [2.45, 2.75) is 31.8 Å². The summed E-state index contributed by atoms with van der Waals surface area (Å²) in [5, 5.41) is 0. The lowest BCUT2D eigenvalue weighted by molar-refractivity contribution is -0.0122. The van der Waals surface area contributed by atoms with Gasteiger partial charge in [0.25, 0.3) is 5.56 Å². The van der Waals surface area contributed by atoms with Gasteiger partial charge in [0.05, 0.1) is 35.5 Å². The van der Waals surface area contributed by atoms with Gasteiger partial charge < -0.3 is 9.47 Å². The Hall–Kier alpha value is -2.49. The summed E-state index contributed by atoms with van der Waals surface area (Å²) in [5.74, 6) is -0.0658. The van der Waals surface area contributed by atoms with Crippen LogP contribution in [0.4, 0.5) is 0 Å². The third-order valence-corrected chi connectivity index (χ3v) is 6.55. The number of aromatic nitrogens is 2. The molecule has 4 rings (SSSR count). The van der Waals surface area contributed by atoms with Crippen LogP contribution in [-0.2, 0) is 22.7 Å². The maximum Gasteiger partial charge on any atom is 0.328 e. The van der Waals surface area contributed by atoms with Gasteiger partial charge in [0.15, 0.2) is 0 Å². The van der Waals surface area contributed by atoms with E-state index >= 15 is 0 Å². The molecule has 2 aromatic carbocycles. The fourth-order valence-corrected chi connectivity index (χ4v) is 4.49. The lowest BCUT2D eigenvalue weighted by atomic mass is 10.0. The predicted molar refractivity (Wildman–Crippen MR) is 131 cm³/mol. The van der Waals surface area contributed by atoms with Crippen molar-refractivity contribution in [1.82, 2.24) is 9.55 Å². The van der Waals surface area contributed by atoms with E-state index in [0.29, 0.717) is 29.8 Å². The zero-order valence-electron chi connectivity index (χ0n) is 17.6. The van der Waals surface area contributed by atoms with Gasteiger partial charge >= 0.3 is 5.69 Å². The van der Waals surface area contributed by atoms with Crippen molar-refractivity contribution in [1.29, 1.82) is 0 Å². The van der Waals surface area contributed by atoms with Gasteiger partial charge in [-0.15, -0.1) is 0 Å². The molecule has 3 atom stereocenters. The lowest BCUT2D eigenvalue weighted by Crippen LogP contribution is -2.33. The van der Waals surface area contributed by atoms with E-state index < -0.39 is 5.69 Å². The molecule has 1 fully saturated rings. The van der Waals surface area contributed by atoms with E-state index in [1.54, 1.807) is 10.8 Å².